The van der Waals surface area contributed by atoms with Gasteiger partial charge in [0.1, 0.15) is 42.7 Å². The minimum absolute atomic E-state index is 0.0284. The largest absolute Gasteiger partial charge is 0.394 e. The molecule has 2 saturated heterocycles. The molecule has 0 amide bonds. The highest BCUT2D eigenvalue weighted by atomic mass is 16.6. The number of hydrogen-bond acceptors (Lipinski definition) is 11. The van der Waals surface area contributed by atoms with Gasteiger partial charge in [0.05, 0.1) is 13.2 Å². The molecule has 13 nitrogen and oxygen atoms in total. The number of hydrogen-bond donors (Lipinski definition) is 7. The first-order valence-electron chi connectivity index (χ1n) is 8.91. The molecule has 0 saturated carbocycles. The molecule has 9 atom stereocenters. The van der Waals surface area contributed by atoms with E-state index in [2.05, 4.69) is 0 Å². The first-order valence-corrected chi connectivity index (χ1v) is 8.91. The predicted molar refractivity (Wildman–Crippen MR) is 91.7 cm³/mol. The summed E-state index contributed by atoms with van der Waals surface area (Å²) in [6, 6.07) is 0. The Kier molecular flexibility index (Phi) is 6.24. The summed E-state index contributed by atoms with van der Waals surface area (Å²) in [5.41, 5.74) is -2.00. The Morgan fingerprint density at radius 3 is 1.86 bits per heavy atom. The summed E-state index contributed by atoms with van der Waals surface area (Å²) in [6.07, 6.45) is -13.1. The van der Waals surface area contributed by atoms with Crippen LogP contribution >= 0.6 is 0 Å². The lowest BCUT2D eigenvalue weighted by Gasteiger charge is -2.40. The minimum atomic E-state index is -1.79. The number of aromatic nitrogens is 2. The highest BCUT2D eigenvalue weighted by Gasteiger charge is 2.47. The molecule has 0 aromatic carbocycles. The molecule has 7 N–H and O–H groups in total. The van der Waals surface area contributed by atoms with Gasteiger partial charge in [-0.3, -0.25) is 9.36 Å². The molecule has 2 fully saturated rings. The molecular formula is C16H24N2O11. The highest BCUT2D eigenvalue weighted by Crippen LogP contribution is 2.29. The van der Waals surface area contributed by atoms with Gasteiger partial charge in [0, 0.05) is 11.8 Å². The van der Waals surface area contributed by atoms with Gasteiger partial charge in [-0.25, -0.2) is 9.36 Å². The van der Waals surface area contributed by atoms with Crippen LogP contribution in [-0.4, -0.2) is 101 Å². The standard InChI is InChI=1S/C16H24N2O11/c1-5-2-17(14-12(25)10(23)8(21)6(3-19)28-14)16(27)18(13(5)26)15-11(24)9(22)7(4-20)29-15/h2,6-12,14-15,19-25H,3-4H2,1H3/t6-,7-,8+,9-,10+,11-,12-,14?,15-/m1/s1. The summed E-state index contributed by atoms with van der Waals surface area (Å²) in [4.78, 5) is 25.6. The second kappa shape index (κ2) is 8.22. The van der Waals surface area contributed by atoms with Crippen LogP contribution in [0.3, 0.4) is 0 Å². The number of aliphatic hydroxyl groups excluding tert-OH is 7. The van der Waals surface area contributed by atoms with E-state index in [1.165, 1.54) is 6.92 Å². The summed E-state index contributed by atoms with van der Waals surface area (Å²) in [7, 11) is 0. The lowest BCUT2D eigenvalue weighted by Crippen LogP contribution is -2.59. The maximum atomic E-state index is 13.0. The summed E-state index contributed by atoms with van der Waals surface area (Å²) in [6.45, 7) is -0.0557. The molecular weight excluding hydrogens is 396 g/mol. The molecule has 29 heavy (non-hydrogen) atoms. The molecule has 0 radical (unpaired) electrons. The number of nitrogens with zero attached hydrogens (tertiary/aromatic N) is 2. The van der Waals surface area contributed by atoms with Crippen molar-refractivity contribution in [2.45, 2.75) is 62.1 Å². The molecule has 1 aromatic heterocycles. The zero-order valence-corrected chi connectivity index (χ0v) is 15.3. The number of ether oxygens (including phenoxy) is 2. The molecule has 0 aliphatic carbocycles. The van der Waals surface area contributed by atoms with E-state index in [-0.39, 0.29) is 5.56 Å². The fourth-order valence-electron chi connectivity index (χ4n) is 3.53. The second-order valence-electron chi connectivity index (χ2n) is 7.13. The molecule has 2 aliphatic heterocycles. The van der Waals surface area contributed by atoms with Crippen molar-refractivity contribution >= 4 is 0 Å². The predicted octanol–water partition coefficient (Wildman–Crippen LogP) is -5.10. The third-order valence-electron chi connectivity index (χ3n) is 5.23. The van der Waals surface area contributed by atoms with E-state index < -0.39 is 79.6 Å². The van der Waals surface area contributed by atoms with Gasteiger partial charge in [0.2, 0.25) is 0 Å². The molecule has 1 unspecified atom stereocenters. The number of rotatable bonds is 4. The van der Waals surface area contributed by atoms with Crippen LogP contribution in [0.25, 0.3) is 0 Å². The molecule has 13 heteroatoms. The lowest BCUT2D eigenvalue weighted by atomic mass is 9.98. The van der Waals surface area contributed by atoms with Gasteiger partial charge in [-0.05, 0) is 6.92 Å². The van der Waals surface area contributed by atoms with Gasteiger partial charge in [-0.2, -0.15) is 0 Å². The summed E-state index contributed by atoms with van der Waals surface area (Å²) in [5, 5.41) is 68.8. The lowest BCUT2D eigenvalue weighted by molar-refractivity contribution is -0.252. The monoisotopic (exact) mass is 420 g/mol. The maximum Gasteiger partial charge on any atom is 0.335 e. The third kappa shape index (κ3) is 3.54. The van der Waals surface area contributed by atoms with Crippen LogP contribution in [0.4, 0.5) is 0 Å². The SMILES string of the molecule is Cc1cn(C2O[C@H](CO)[C@H](O)[C@H](O)[C@H]2O)c(=O)n([C@@H]2O[C@H](CO)[C@@H](O)[C@H]2O)c1=O. The van der Waals surface area contributed by atoms with Crippen LogP contribution in [0.1, 0.15) is 18.0 Å². The van der Waals surface area contributed by atoms with Crippen LogP contribution in [0.15, 0.2) is 15.8 Å². The zero-order chi connectivity index (χ0) is 21.6. The maximum absolute atomic E-state index is 13.0. The Bertz CT molecular complexity index is 852. The van der Waals surface area contributed by atoms with E-state index >= 15 is 0 Å². The van der Waals surface area contributed by atoms with E-state index in [9.17, 15) is 45.3 Å². The topological polar surface area (TPSA) is 204 Å². The van der Waals surface area contributed by atoms with Crippen molar-refractivity contribution in [3.05, 3.63) is 32.6 Å². The van der Waals surface area contributed by atoms with Crippen molar-refractivity contribution in [3.63, 3.8) is 0 Å². The first kappa shape index (κ1) is 22.0. The van der Waals surface area contributed by atoms with E-state index in [0.717, 1.165) is 10.8 Å². The van der Waals surface area contributed by atoms with Gasteiger partial charge in [-0.15, -0.1) is 0 Å². The summed E-state index contributed by atoms with van der Waals surface area (Å²) in [5.74, 6) is 0. The Balaban J connectivity index is 2.09. The van der Waals surface area contributed by atoms with Crippen molar-refractivity contribution in [1.82, 2.24) is 9.13 Å². The fourth-order valence-corrected chi connectivity index (χ4v) is 3.53. The molecule has 3 heterocycles. The summed E-state index contributed by atoms with van der Waals surface area (Å²) < 4.78 is 11.9. The highest BCUT2D eigenvalue weighted by molar-refractivity contribution is 5.07. The van der Waals surface area contributed by atoms with Gasteiger partial charge in [0.15, 0.2) is 12.5 Å². The molecule has 1 aromatic rings. The fraction of sp³-hybridized carbons (Fsp3) is 0.750. The smallest absolute Gasteiger partial charge is 0.335 e. The average Bonchev–Trinajstić information content (AvgIpc) is 2.98. The summed E-state index contributed by atoms with van der Waals surface area (Å²) >= 11 is 0. The van der Waals surface area contributed by atoms with Gasteiger partial charge >= 0.3 is 5.69 Å². The molecule has 0 bridgehead atoms. The van der Waals surface area contributed by atoms with Crippen molar-refractivity contribution in [2.75, 3.05) is 13.2 Å². The normalized spacial score (nSPS) is 40.3. The van der Waals surface area contributed by atoms with E-state index in [1.54, 1.807) is 0 Å². The van der Waals surface area contributed by atoms with Crippen molar-refractivity contribution in [2.24, 2.45) is 0 Å². The van der Waals surface area contributed by atoms with E-state index in [1.807, 2.05) is 0 Å². The first-order chi connectivity index (χ1) is 13.6. The number of aliphatic hydroxyl groups is 7. The average molecular weight is 420 g/mol. The van der Waals surface area contributed by atoms with Crippen molar-refractivity contribution in [1.29, 1.82) is 0 Å². The molecule has 164 valence electrons. The molecule has 2 aliphatic rings. The Labute approximate surface area is 163 Å². The van der Waals surface area contributed by atoms with Gasteiger partial charge in [0.25, 0.3) is 5.56 Å². The Hall–Kier alpha value is -1.68. The van der Waals surface area contributed by atoms with Crippen molar-refractivity contribution in [3.8, 4) is 0 Å². The van der Waals surface area contributed by atoms with Gasteiger partial charge in [-0.1, -0.05) is 0 Å². The minimum Gasteiger partial charge on any atom is -0.394 e. The van der Waals surface area contributed by atoms with E-state index in [0.29, 0.717) is 4.57 Å². The second-order valence-corrected chi connectivity index (χ2v) is 7.13. The molecule has 0 spiro atoms. The van der Waals surface area contributed by atoms with Crippen LogP contribution < -0.4 is 11.2 Å². The Morgan fingerprint density at radius 1 is 0.828 bits per heavy atom. The third-order valence-corrected chi connectivity index (χ3v) is 5.23. The quantitative estimate of drug-likeness (QED) is 0.245. The van der Waals surface area contributed by atoms with Crippen molar-refractivity contribution < 1.29 is 45.2 Å². The number of aryl methyl sites for hydroxylation is 1. The van der Waals surface area contributed by atoms with Crippen LogP contribution in [0.2, 0.25) is 0 Å². The van der Waals surface area contributed by atoms with Crippen LogP contribution in [-0.2, 0) is 9.47 Å². The van der Waals surface area contributed by atoms with E-state index in [4.69, 9.17) is 9.47 Å². The van der Waals surface area contributed by atoms with Crippen LogP contribution in [0.5, 0.6) is 0 Å². The van der Waals surface area contributed by atoms with Gasteiger partial charge < -0.3 is 45.2 Å². The van der Waals surface area contributed by atoms with Crippen LogP contribution in [0, 0.1) is 6.92 Å². The zero-order valence-electron chi connectivity index (χ0n) is 15.3. The molecule has 3 rings (SSSR count). The Morgan fingerprint density at radius 2 is 1.31 bits per heavy atom.